The van der Waals surface area contributed by atoms with E-state index in [9.17, 15) is 16.8 Å². The molecule has 0 amide bonds. The summed E-state index contributed by atoms with van der Waals surface area (Å²) < 4.78 is 74.1. The van der Waals surface area contributed by atoms with E-state index >= 15 is 0 Å². The summed E-state index contributed by atoms with van der Waals surface area (Å²) in [5.74, 6) is 1.54. The van der Waals surface area contributed by atoms with E-state index in [0.29, 0.717) is 26.2 Å². The Labute approximate surface area is 247 Å². The zero-order valence-corrected chi connectivity index (χ0v) is 25.6. The second-order valence-corrected chi connectivity index (χ2v) is 13.8. The van der Waals surface area contributed by atoms with Crippen molar-refractivity contribution in [2.75, 3.05) is 83.5 Å². The molecule has 11 nitrogen and oxygen atoms in total. The number of para-hydroxylation sites is 4. The third kappa shape index (κ3) is 5.74. The lowest BCUT2D eigenvalue weighted by molar-refractivity contribution is 0.369. The molecule has 2 fully saturated rings. The molecule has 42 heavy (non-hydrogen) atoms. The minimum Gasteiger partial charge on any atom is -0.495 e. The highest BCUT2D eigenvalue weighted by molar-refractivity contribution is 7.90. The van der Waals surface area contributed by atoms with Crippen LogP contribution in [0.15, 0.2) is 76.5 Å². The number of benzene rings is 3. The fourth-order valence-corrected chi connectivity index (χ4v) is 8.56. The lowest BCUT2D eigenvalue weighted by Crippen LogP contribution is -2.49. The van der Waals surface area contributed by atoms with Gasteiger partial charge in [-0.1, -0.05) is 24.3 Å². The number of methoxy groups -OCH3 is 3. The van der Waals surface area contributed by atoms with E-state index in [-0.39, 0.29) is 41.7 Å². The van der Waals surface area contributed by atoms with Crippen LogP contribution in [-0.4, -0.2) is 99.1 Å². The molecule has 0 aliphatic carbocycles. The van der Waals surface area contributed by atoms with Crippen LogP contribution in [0.25, 0.3) is 0 Å². The predicted octanol–water partition coefficient (Wildman–Crippen LogP) is 2.73. The molecule has 0 radical (unpaired) electrons. The number of sulfonamides is 2. The molecule has 226 valence electrons. The minimum atomic E-state index is -4.05. The third-order valence-corrected chi connectivity index (χ3v) is 11.5. The van der Waals surface area contributed by atoms with Gasteiger partial charge in [0.05, 0.1) is 37.6 Å². The van der Waals surface area contributed by atoms with Crippen LogP contribution in [0.2, 0.25) is 0 Å². The standard InChI is InChI=1S/C29H36N4O7S2/c1-38-26-10-6-4-8-24(26)30-14-18-32(19-15-30)41(34,35)23-12-13-28(40-3)29(22-23)42(36,37)33-20-16-31(17-21-33)25-9-5-7-11-27(25)39-2/h4-13,22H,14-21H2,1-3H3. The smallest absolute Gasteiger partial charge is 0.246 e. The number of anilines is 2. The molecule has 0 saturated carbocycles. The van der Waals surface area contributed by atoms with E-state index in [0.717, 1.165) is 22.9 Å². The number of ether oxygens (including phenoxy) is 3. The molecule has 3 aromatic carbocycles. The Kier molecular flexibility index (Phi) is 8.83. The fraction of sp³-hybridized carbons (Fsp3) is 0.379. The topological polar surface area (TPSA) is 109 Å². The van der Waals surface area contributed by atoms with Gasteiger partial charge in [-0.15, -0.1) is 0 Å². The molecule has 2 heterocycles. The van der Waals surface area contributed by atoms with Crippen LogP contribution in [0.5, 0.6) is 17.2 Å². The van der Waals surface area contributed by atoms with Gasteiger partial charge in [0.1, 0.15) is 22.1 Å². The van der Waals surface area contributed by atoms with Crippen molar-refractivity contribution in [3.63, 3.8) is 0 Å². The first kappa shape index (κ1) is 30.0. The fourth-order valence-electron chi connectivity index (χ4n) is 5.43. The van der Waals surface area contributed by atoms with Crippen LogP contribution in [0.4, 0.5) is 11.4 Å². The third-order valence-electron chi connectivity index (χ3n) is 7.72. The normalized spacial score (nSPS) is 17.2. The maximum atomic E-state index is 13.8. The van der Waals surface area contributed by atoms with Gasteiger partial charge in [0.25, 0.3) is 0 Å². The van der Waals surface area contributed by atoms with Crippen LogP contribution in [-0.2, 0) is 20.0 Å². The van der Waals surface area contributed by atoms with Gasteiger partial charge in [0.2, 0.25) is 20.0 Å². The van der Waals surface area contributed by atoms with E-state index < -0.39 is 20.0 Å². The van der Waals surface area contributed by atoms with Gasteiger partial charge in [-0.3, -0.25) is 0 Å². The molecule has 0 aromatic heterocycles. The lowest BCUT2D eigenvalue weighted by atomic mass is 10.2. The summed E-state index contributed by atoms with van der Waals surface area (Å²) >= 11 is 0. The molecule has 0 bridgehead atoms. The van der Waals surface area contributed by atoms with Gasteiger partial charge in [0, 0.05) is 52.4 Å². The average Bonchev–Trinajstić information content (AvgIpc) is 3.04. The van der Waals surface area contributed by atoms with E-state index in [1.54, 1.807) is 14.2 Å². The summed E-state index contributed by atoms with van der Waals surface area (Å²) in [6, 6.07) is 19.3. The van der Waals surface area contributed by atoms with Crippen molar-refractivity contribution >= 4 is 31.4 Å². The van der Waals surface area contributed by atoms with Crippen LogP contribution in [0.1, 0.15) is 0 Å². The number of rotatable bonds is 9. The largest absolute Gasteiger partial charge is 0.495 e. The molecule has 2 aliphatic heterocycles. The van der Waals surface area contributed by atoms with Gasteiger partial charge in [-0.2, -0.15) is 8.61 Å². The van der Waals surface area contributed by atoms with Crippen molar-refractivity contribution in [3.05, 3.63) is 66.7 Å². The maximum absolute atomic E-state index is 13.8. The van der Waals surface area contributed by atoms with Crippen LogP contribution in [0, 0.1) is 0 Å². The van der Waals surface area contributed by atoms with Gasteiger partial charge in [-0.05, 0) is 42.5 Å². The number of piperazine rings is 2. The molecule has 13 heteroatoms. The highest BCUT2D eigenvalue weighted by atomic mass is 32.2. The lowest BCUT2D eigenvalue weighted by Gasteiger charge is -2.36. The van der Waals surface area contributed by atoms with Crippen LogP contribution < -0.4 is 24.0 Å². The SMILES string of the molecule is COc1ccccc1N1CCN(S(=O)(=O)c2ccc(OC)c(S(=O)(=O)N3CCN(c4ccccc4OC)CC3)c2)CC1. The average molecular weight is 617 g/mol. The van der Waals surface area contributed by atoms with E-state index in [1.807, 2.05) is 48.5 Å². The number of hydrogen-bond donors (Lipinski definition) is 0. The molecular weight excluding hydrogens is 580 g/mol. The first-order valence-corrected chi connectivity index (χ1v) is 16.5. The zero-order valence-electron chi connectivity index (χ0n) is 24.0. The summed E-state index contributed by atoms with van der Waals surface area (Å²) in [5.41, 5.74) is 1.80. The summed E-state index contributed by atoms with van der Waals surface area (Å²) in [6.07, 6.45) is 0. The van der Waals surface area contributed by atoms with E-state index in [1.165, 1.54) is 33.9 Å². The molecule has 0 unspecified atom stereocenters. The maximum Gasteiger partial charge on any atom is 0.246 e. The summed E-state index contributed by atoms with van der Waals surface area (Å²) in [7, 11) is -3.42. The Morgan fingerprint density at radius 3 is 1.40 bits per heavy atom. The molecule has 2 aliphatic rings. The molecule has 2 saturated heterocycles. The van der Waals surface area contributed by atoms with Gasteiger partial charge >= 0.3 is 0 Å². The van der Waals surface area contributed by atoms with Crippen molar-refractivity contribution < 1.29 is 31.0 Å². The van der Waals surface area contributed by atoms with E-state index in [2.05, 4.69) is 9.80 Å². The Bertz CT molecular complexity index is 1620. The first-order chi connectivity index (χ1) is 20.2. The Balaban J connectivity index is 1.33. The van der Waals surface area contributed by atoms with Crippen molar-refractivity contribution in [1.29, 1.82) is 0 Å². The van der Waals surface area contributed by atoms with Crippen molar-refractivity contribution in [2.45, 2.75) is 9.79 Å². The second kappa shape index (κ2) is 12.4. The molecule has 5 rings (SSSR count). The highest BCUT2D eigenvalue weighted by Gasteiger charge is 2.35. The van der Waals surface area contributed by atoms with Crippen molar-refractivity contribution in [2.24, 2.45) is 0 Å². The van der Waals surface area contributed by atoms with Gasteiger partial charge in [0.15, 0.2) is 0 Å². The van der Waals surface area contributed by atoms with Gasteiger partial charge < -0.3 is 24.0 Å². The zero-order chi connectivity index (χ0) is 29.9. The van der Waals surface area contributed by atoms with Crippen LogP contribution >= 0.6 is 0 Å². The summed E-state index contributed by atoms with van der Waals surface area (Å²) in [6.45, 7) is 2.80. The molecule has 3 aromatic rings. The second-order valence-electron chi connectivity index (χ2n) is 9.94. The Hall–Kier alpha value is -3.52. The predicted molar refractivity (Wildman–Crippen MR) is 161 cm³/mol. The van der Waals surface area contributed by atoms with E-state index in [4.69, 9.17) is 14.2 Å². The van der Waals surface area contributed by atoms with Crippen molar-refractivity contribution in [3.8, 4) is 17.2 Å². The number of hydrogen-bond acceptors (Lipinski definition) is 9. The number of nitrogens with zero attached hydrogens (tertiary/aromatic N) is 4. The molecule has 0 N–H and O–H groups in total. The Morgan fingerprint density at radius 2 is 0.952 bits per heavy atom. The quantitative estimate of drug-likeness (QED) is 0.359. The molecule has 0 atom stereocenters. The van der Waals surface area contributed by atoms with Crippen molar-refractivity contribution in [1.82, 2.24) is 8.61 Å². The van der Waals surface area contributed by atoms with Gasteiger partial charge in [-0.25, -0.2) is 16.8 Å². The minimum absolute atomic E-state index is 0.0831. The summed E-state index contributed by atoms with van der Waals surface area (Å²) in [5, 5.41) is 0. The Morgan fingerprint density at radius 1 is 0.524 bits per heavy atom. The molecular formula is C29H36N4O7S2. The highest BCUT2D eigenvalue weighted by Crippen LogP contribution is 2.34. The first-order valence-electron chi connectivity index (χ1n) is 13.6. The monoisotopic (exact) mass is 616 g/mol. The molecule has 0 spiro atoms. The summed E-state index contributed by atoms with van der Waals surface area (Å²) in [4.78, 5) is 3.91. The van der Waals surface area contributed by atoms with Crippen LogP contribution in [0.3, 0.4) is 0 Å².